The van der Waals surface area contributed by atoms with Gasteiger partial charge < -0.3 is 0 Å². The zero-order valence-corrected chi connectivity index (χ0v) is 9.22. The second kappa shape index (κ2) is 3.32. The van der Waals surface area contributed by atoms with E-state index in [4.69, 9.17) is 0 Å². The van der Waals surface area contributed by atoms with Gasteiger partial charge in [-0.15, -0.1) is 34.9 Å². The van der Waals surface area contributed by atoms with Crippen LogP contribution in [0.2, 0.25) is 0 Å². The maximum atomic E-state index is 4.31. The Labute approximate surface area is 83.4 Å². The molecule has 2 aromatic heterocycles. The molecule has 0 aromatic carbocycles. The van der Waals surface area contributed by atoms with Gasteiger partial charge in [0.2, 0.25) is 0 Å². The van der Waals surface area contributed by atoms with Crippen LogP contribution in [-0.2, 0) is 0 Å². The molecule has 0 unspecified atom stereocenters. The van der Waals surface area contributed by atoms with Crippen molar-refractivity contribution in [3.05, 3.63) is 11.7 Å². The fourth-order valence-electron chi connectivity index (χ4n) is 1.03. The molecule has 0 saturated heterocycles. The molecule has 0 aliphatic rings. The average Bonchev–Trinajstić information content (AvgIpc) is 2.62. The predicted molar refractivity (Wildman–Crippen MR) is 56.6 cm³/mol. The largest absolute Gasteiger partial charge is 0.283 e. The molecule has 0 aliphatic carbocycles. The molecule has 0 amide bonds. The molecular weight excluding hydrogens is 208 g/mol. The highest BCUT2D eigenvalue weighted by Gasteiger charge is 2.07. The lowest BCUT2D eigenvalue weighted by atomic mass is 10.9. The number of fused-ring (bicyclic) bond motifs is 1. The molecule has 2 heterocycles. The molecule has 0 spiro atoms. The van der Waals surface area contributed by atoms with Crippen molar-refractivity contribution in [2.45, 2.75) is 10.1 Å². The standard InChI is InChI=1S/C7H8N2S3/c1-10-5-3-12-7-6(11-2)8-4-9(5)7/h3-4H,1-2H3. The summed E-state index contributed by atoms with van der Waals surface area (Å²) in [5.41, 5.74) is 0. The van der Waals surface area contributed by atoms with Crippen LogP contribution >= 0.6 is 34.9 Å². The van der Waals surface area contributed by atoms with Gasteiger partial charge in [0.15, 0.2) is 0 Å². The van der Waals surface area contributed by atoms with E-state index in [2.05, 4.69) is 27.3 Å². The first-order chi connectivity index (χ1) is 5.86. The highest BCUT2D eigenvalue weighted by molar-refractivity contribution is 7.99. The van der Waals surface area contributed by atoms with Crippen molar-refractivity contribution in [3.63, 3.8) is 0 Å². The molecule has 2 aromatic rings. The van der Waals surface area contributed by atoms with Crippen molar-refractivity contribution in [2.24, 2.45) is 0 Å². The number of rotatable bonds is 2. The quantitative estimate of drug-likeness (QED) is 0.719. The summed E-state index contributed by atoms with van der Waals surface area (Å²) in [6.45, 7) is 0. The molecule has 0 bridgehead atoms. The van der Waals surface area contributed by atoms with Crippen LogP contribution in [0.15, 0.2) is 21.8 Å². The third-order valence-electron chi connectivity index (χ3n) is 1.60. The van der Waals surface area contributed by atoms with Crippen LogP contribution in [0.1, 0.15) is 0 Å². The van der Waals surface area contributed by atoms with Gasteiger partial charge in [-0.05, 0) is 12.5 Å². The molecule has 5 heteroatoms. The summed E-state index contributed by atoms with van der Waals surface area (Å²) in [5, 5.41) is 4.56. The summed E-state index contributed by atoms with van der Waals surface area (Å²) in [6, 6.07) is 0. The highest BCUT2D eigenvalue weighted by Crippen LogP contribution is 2.29. The maximum absolute atomic E-state index is 4.31. The predicted octanol–water partition coefficient (Wildman–Crippen LogP) is 2.84. The molecule has 64 valence electrons. The van der Waals surface area contributed by atoms with Crippen LogP contribution in [0, 0.1) is 0 Å². The lowest BCUT2D eigenvalue weighted by molar-refractivity contribution is 1.04. The molecule has 0 saturated carbocycles. The zero-order valence-electron chi connectivity index (χ0n) is 6.77. The lowest BCUT2D eigenvalue weighted by Crippen LogP contribution is -1.76. The van der Waals surface area contributed by atoms with Crippen molar-refractivity contribution >= 4 is 39.7 Å². The van der Waals surface area contributed by atoms with Gasteiger partial charge in [-0.25, -0.2) is 4.98 Å². The van der Waals surface area contributed by atoms with Crippen LogP contribution in [0.25, 0.3) is 4.83 Å². The van der Waals surface area contributed by atoms with E-state index in [0.29, 0.717) is 0 Å². The molecule has 2 nitrogen and oxygen atoms in total. The van der Waals surface area contributed by atoms with Crippen molar-refractivity contribution in [1.29, 1.82) is 0 Å². The van der Waals surface area contributed by atoms with Crippen molar-refractivity contribution in [3.8, 4) is 0 Å². The molecule has 0 fully saturated rings. The van der Waals surface area contributed by atoms with Crippen molar-refractivity contribution < 1.29 is 0 Å². The monoisotopic (exact) mass is 216 g/mol. The molecule has 12 heavy (non-hydrogen) atoms. The Morgan fingerprint density at radius 2 is 2.25 bits per heavy atom. The Kier molecular flexibility index (Phi) is 2.34. The SMILES string of the molecule is CSc1ncn2c(SC)csc12. The molecule has 0 N–H and O–H groups in total. The van der Waals surface area contributed by atoms with E-state index in [1.165, 1.54) is 9.86 Å². The van der Waals surface area contributed by atoms with Gasteiger partial charge in [-0.1, -0.05) is 0 Å². The van der Waals surface area contributed by atoms with Gasteiger partial charge in [0.1, 0.15) is 16.2 Å². The second-order valence-corrected chi connectivity index (χ2v) is 4.69. The number of hydrogen-bond donors (Lipinski definition) is 0. The van der Waals surface area contributed by atoms with Crippen LogP contribution < -0.4 is 0 Å². The van der Waals surface area contributed by atoms with Gasteiger partial charge in [-0.3, -0.25) is 4.40 Å². The molecule has 0 atom stereocenters. The highest BCUT2D eigenvalue weighted by atomic mass is 32.2. The Morgan fingerprint density at radius 3 is 2.92 bits per heavy atom. The number of thiazole rings is 1. The molecule has 0 radical (unpaired) electrons. The minimum Gasteiger partial charge on any atom is -0.283 e. The van der Waals surface area contributed by atoms with Crippen LogP contribution in [0.4, 0.5) is 0 Å². The Bertz CT molecular complexity index is 352. The summed E-state index contributed by atoms with van der Waals surface area (Å²) in [5.74, 6) is 0. The summed E-state index contributed by atoms with van der Waals surface area (Å²) < 4.78 is 2.14. The second-order valence-electron chi connectivity index (χ2n) is 2.21. The minimum atomic E-state index is 1.13. The fourth-order valence-corrected chi connectivity index (χ4v) is 3.52. The van der Waals surface area contributed by atoms with E-state index in [1.807, 2.05) is 6.33 Å². The number of thioether (sulfide) groups is 2. The average molecular weight is 216 g/mol. The fraction of sp³-hybridized carbons (Fsp3) is 0.286. The van der Waals surface area contributed by atoms with E-state index in [0.717, 1.165) is 5.03 Å². The van der Waals surface area contributed by atoms with E-state index in [-0.39, 0.29) is 0 Å². The summed E-state index contributed by atoms with van der Waals surface area (Å²) in [4.78, 5) is 5.56. The van der Waals surface area contributed by atoms with E-state index >= 15 is 0 Å². The minimum absolute atomic E-state index is 1.13. The summed E-state index contributed by atoms with van der Waals surface area (Å²) >= 11 is 5.21. The number of hydrogen-bond acceptors (Lipinski definition) is 4. The summed E-state index contributed by atoms with van der Waals surface area (Å²) in [7, 11) is 0. The van der Waals surface area contributed by atoms with Crippen LogP contribution in [0.3, 0.4) is 0 Å². The van der Waals surface area contributed by atoms with Crippen molar-refractivity contribution in [1.82, 2.24) is 9.38 Å². The zero-order chi connectivity index (χ0) is 8.55. The first kappa shape index (κ1) is 8.47. The normalized spacial score (nSPS) is 11.2. The topological polar surface area (TPSA) is 17.3 Å². The van der Waals surface area contributed by atoms with E-state index < -0.39 is 0 Å². The smallest absolute Gasteiger partial charge is 0.134 e. The third kappa shape index (κ3) is 1.16. The van der Waals surface area contributed by atoms with Gasteiger partial charge in [0, 0.05) is 5.38 Å². The Hall–Kier alpha value is -0.130. The maximum Gasteiger partial charge on any atom is 0.134 e. The Morgan fingerprint density at radius 1 is 1.42 bits per heavy atom. The lowest BCUT2D eigenvalue weighted by Gasteiger charge is -1.89. The van der Waals surface area contributed by atoms with E-state index in [1.54, 1.807) is 34.9 Å². The number of aromatic nitrogens is 2. The molecular formula is C7H8N2S3. The van der Waals surface area contributed by atoms with E-state index in [9.17, 15) is 0 Å². The van der Waals surface area contributed by atoms with Gasteiger partial charge in [-0.2, -0.15) is 0 Å². The van der Waals surface area contributed by atoms with Crippen LogP contribution in [0.5, 0.6) is 0 Å². The van der Waals surface area contributed by atoms with Gasteiger partial charge in [0.25, 0.3) is 0 Å². The van der Waals surface area contributed by atoms with Crippen molar-refractivity contribution in [2.75, 3.05) is 12.5 Å². The number of nitrogens with zero attached hydrogens (tertiary/aromatic N) is 2. The first-order valence-electron chi connectivity index (χ1n) is 3.39. The number of imidazole rings is 1. The third-order valence-corrected chi connectivity index (χ3v) is 4.25. The summed E-state index contributed by atoms with van der Waals surface area (Å²) in [6.07, 6.45) is 6.03. The Balaban J connectivity index is 2.66. The van der Waals surface area contributed by atoms with Gasteiger partial charge in [0.05, 0.1) is 5.03 Å². The molecule has 0 aliphatic heterocycles. The molecule has 2 rings (SSSR count). The van der Waals surface area contributed by atoms with Gasteiger partial charge >= 0.3 is 0 Å². The first-order valence-corrected chi connectivity index (χ1v) is 6.72. The van der Waals surface area contributed by atoms with Crippen LogP contribution in [-0.4, -0.2) is 21.9 Å².